The number of aldehydes is 1. The fourth-order valence-corrected chi connectivity index (χ4v) is 2.00. The van der Waals surface area contributed by atoms with Crippen molar-refractivity contribution in [1.82, 2.24) is 4.57 Å². The van der Waals surface area contributed by atoms with Crippen molar-refractivity contribution in [3.63, 3.8) is 0 Å². The molecule has 0 bridgehead atoms. The average Bonchev–Trinajstić information content (AvgIpc) is 2.70. The van der Waals surface area contributed by atoms with Crippen molar-refractivity contribution in [3.05, 3.63) is 36.0 Å². The zero-order valence-electron chi connectivity index (χ0n) is 11.3. The highest BCUT2D eigenvalue weighted by Crippen LogP contribution is 2.19. The van der Waals surface area contributed by atoms with Gasteiger partial charge in [-0.2, -0.15) is 0 Å². The van der Waals surface area contributed by atoms with E-state index >= 15 is 0 Å². The van der Waals surface area contributed by atoms with E-state index in [9.17, 15) is 9.59 Å². The highest BCUT2D eigenvalue weighted by atomic mass is 16.6. The van der Waals surface area contributed by atoms with Gasteiger partial charge in [-0.15, -0.1) is 0 Å². The van der Waals surface area contributed by atoms with Crippen LogP contribution in [-0.2, 0) is 16.1 Å². The van der Waals surface area contributed by atoms with Gasteiger partial charge in [-0.05, 0) is 32.9 Å². The molecule has 0 saturated carbocycles. The highest BCUT2D eigenvalue weighted by Gasteiger charge is 2.17. The SMILES string of the molecule is CC(C)(C)OC(=O)Cn1ccc2c(C=O)cccc21. The van der Waals surface area contributed by atoms with Crippen molar-refractivity contribution in [2.24, 2.45) is 0 Å². The fourth-order valence-electron chi connectivity index (χ4n) is 2.00. The number of carbonyl (C=O) groups is 2. The van der Waals surface area contributed by atoms with Gasteiger partial charge in [0.2, 0.25) is 0 Å². The maximum Gasteiger partial charge on any atom is 0.326 e. The predicted octanol–water partition coefficient (Wildman–Crippen LogP) is 2.80. The smallest absolute Gasteiger partial charge is 0.326 e. The summed E-state index contributed by atoms with van der Waals surface area (Å²) in [6, 6.07) is 7.28. The maximum atomic E-state index is 11.8. The van der Waals surface area contributed by atoms with Crippen LogP contribution in [0.3, 0.4) is 0 Å². The van der Waals surface area contributed by atoms with Gasteiger partial charge in [-0.1, -0.05) is 12.1 Å². The molecular formula is C15H17NO3. The molecule has 0 fully saturated rings. The van der Waals surface area contributed by atoms with Crippen LogP contribution in [0.4, 0.5) is 0 Å². The zero-order chi connectivity index (χ0) is 14.0. The number of aromatic nitrogens is 1. The van der Waals surface area contributed by atoms with Crippen LogP contribution in [-0.4, -0.2) is 22.4 Å². The molecular weight excluding hydrogens is 242 g/mol. The minimum Gasteiger partial charge on any atom is -0.459 e. The Kier molecular flexibility index (Phi) is 3.42. The molecule has 0 amide bonds. The molecule has 1 aromatic heterocycles. The number of hydrogen-bond donors (Lipinski definition) is 0. The van der Waals surface area contributed by atoms with E-state index in [1.807, 2.05) is 32.9 Å². The molecule has 0 aliphatic carbocycles. The number of rotatable bonds is 3. The minimum atomic E-state index is -0.492. The van der Waals surface area contributed by atoms with E-state index in [-0.39, 0.29) is 12.5 Å². The van der Waals surface area contributed by atoms with Crippen LogP contribution in [0.2, 0.25) is 0 Å². The van der Waals surface area contributed by atoms with Crippen molar-refractivity contribution >= 4 is 23.2 Å². The van der Waals surface area contributed by atoms with Gasteiger partial charge >= 0.3 is 5.97 Å². The summed E-state index contributed by atoms with van der Waals surface area (Å²) < 4.78 is 7.08. The molecule has 19 heavy (non-hydrogen) atoms. The quantitative estimate of drug-likeness (QED) is 0.629. The van der Waals surface area contributed by atoms with Crippen molar-refractivity contribution in [1.29, 1.82) is 0 Å². The van der Waals surface area contributed by atoms with Gasteiger partial charge in [0.15, 0.2) is 6.29 Å². The molecule has 1 aromatic carbocycles. The molecule has 4 heteroatoms. The summed E-state index contributed by atoms with van der Waals surface area (Å²) in [6.45, 7) is 5.65. The summed E-state index contributed by atoms with van der Waals surface area (Å²) in [5.41, 5.74) is 0.990. The largest absolute Gasteiger partial charge is 0.459 e. The van der Waals surface area contributed by atoms with E-state index < -0.39 is 5.60 Å². The molecule has 0 atom stereocenters. The van der Waals surface area contributed by atoms with Crippen molar-refractivity contribution < 1.29 is 14.3 Å². The molecule has 0 unspecified atom stereocenters. The Hall–Kier alpha value is -2.10. The summed E-state index contributed by atoms with van der Waals surface area (Å²) in [5, 5.41) is 0.848. The molecule has 0 aliphatic rings. The molecule has 0 saturated heterocycles. The van der Waals surface area contributed by atoms with Crippen molar-refractivity contribution in [2.45, 2.75) is 32.9 Å². The molecule has 100 valence electrons. The lowest BCUT2D eigenvalue weighted by atomic mass is 10.1. The Labute approximate surface area is 112 Å². The van der Waals surface area contributed by atoms with E-state index in [1.54, 1.807) is 22.9 Å². The second-order valence-corrected chi connectivity index (χ2v) is 5.43. The molecule has 0 radical (unpaired) electrons. The van der Waals surface area contributed by atoms with Gasteiger partial charge in [0, 0.05) is 22.7 Å². The van der Waals surface area contributed by atoms with Crippen LogP contribution in [0, 0.1) is 0 Å². The first-order valence-corrected chi connectivity index (χ1v) is 6.15. The average molecular weight is 259 g/mol. The van der Waals surface area contributed by atoms with Crippen LogP contribution in [0.1, 0.15) is 31.1 Å². The lowest BCUT2D eigenvalue weighted by molar-refractivity contribution is -0.155. The minimum absolute atomic E-state index is 0.142. The lowest BCUT2D eigenvalue weighted by Crippen LogP contribution is -2.26. The van der Waals surface area contributed by atoms with E-state index in [0.29, 0.717) is 5.56 Å². The standard InChI is InChI=1S/C15H17NO3/c1-15(2,3)19-14(18)9-16-8-7-12-11(10-17)5-4-6-13(12)16/h4-8,10H,9H2,1-3H3. The summed E-state index contributed by atoms with van der Waals surface area (Å²) in [6.07, 6.45) is 2.61. The van der Waals surface area contributed by atoms with Gasteiger partial charge in [0.05, 0.1) is 0 Å². The fraction of sp³-hybridized carbons (Fsp3) is 0.333. The van der Waals surface area contributed by atoms with E-state index in [1.165, 1.54) is 0 Å². The van der Waals surface area contributed by atoms with E-state index in [2.05, 4.69) is 0 Å². The van der Waals surface area contributed by atoms with Crippen LogP contribution >= 0.6 is 0 Å². The van der Waals surface area contributed by atoms with Crippen LogP contribution < -0.4 is 0 Å². The van der Waals surface area contributed by atoms with Gasteiger partial charge in [-0.3, -0.25) is 9.59 Å². The summed E-state index contributed by atoms with van der Waals surface area (Å²) in [4.78, 5) is 22.8. The third-order valence-electron chi connectivity index (χ3n) is 2.69. The maximum absolute atomic E-state index is 11.8. The monoisotopic (exact) mass is 259 g/mol. The number of nitrogens with zero attached hydrogens (tertiary/aromatic N) is 1. The number of benzene rings is 1. The normalized spacial score (nSPS) is 11.5. The first kappa shape index (κ1) is 13.3. The third kappa shape index (κ3) is 3.02. The van der Waals surface area contributed by atoms with Crippen LogP contribution in [0.25, 0.3) is 10.9 Å². The second kappa shape index (κ2) is 4.88. The Balaban J connectivity index is 2.27. The van der Waals surface area contributed by atoms with Crippen molar-refractivity contribution in [2.75, 3.05) is 0 Å². The number of esters is 1. The molecule has 2 aromatic rings. The molecule has 2 rings (SSSR count). The summed E-state index contributed by atoms with van der Waals surface area (Å²) in [7, 11) is 0. The highest BCUT2D eigenvalue weighted by molar-refractivity contribution is 5.97. The molecule has 0 N–H and O–H groups in total. The van der Waals surface area contributed by atoms with Gasteiger partial charge in [-0.25, -0.2) is 0 Å². The summed E-state index contributed by atoms with van der Waals surface area (Å²) in [5.74, 6) is -0.290. The van der Waals surface area contributed by atoms with Crippen molar-refractivity contribution in [3.8, 4) is 0 Å². The van der Waals surface area contributed by atoms with Gasteiger partial charge in [0.1, 0.15) is 12.1 Å². The second-order valence-electron chi connectivity index (χ2n) is 5.43. The molecule has 0 aliphatic heterocycles. The summed E-state index contributed by atoms with van der Waals surface area (Å²) >= 11 is 0. The number of hydrogen-bond acceptors (Lipinski definition) is 3. The number of fused-ring (bicyclic) bond motifs is 1. The Bertz CT molecular complexity index is 620. The first-order chi connectivity index (χ1) is 8.90. The Morgan fingerprint density at radius 2 is 2.05 bits per heavy atom. The Morgan fingerprint density at radius 3 is 2.68 bits per heavy atom. The van der Waals surface area contributed by atoms with E-state index in [0.717, 1.165) is 17.2 Å². The predicted molar refractivity (Wildman–Crippen MR) is 73.2 cm³/mol. The van der Waals surface area contributed by atoms with Gasteiger partial charge < -0.3 is 9.30 Å². The molecule has 1 heterocycles. The number of ether oxygens (including phenoxy) is 1. The Morgan fingerprint density at radius 1 is 1.32 bits per heavy atom. The number of carbonyl (C=O) groups excluding carboxylic acids is 2. The molecule has 0 spiro atoms. The third-order valence-corrected chi connectivity index (χ3v) is 2.69. The van der Waals surface area contributed by atoms with Gasteiger partial charge in [0.25, 0.3) is 0 Å². The van der Waals surface area contributed by atoms with Crippen LogP contribution in [0.5, 0.6) is 0 Å². The van der Waals surface area contributed by atoms with E-state index in [4.69, 9.17) is 4.74 Å². The lowest BCUT2D eigenvalue weighted by Gasteiger charge is -2.19. The topological polar surface area (TPSA) is 48.3 Å². The first-order valence-electron chi connectivity index (χ1n) is 6.15. The zero-order valence-corrected chi connectivity index (χ0v) is 11.3. The van der Waals surface area contributed by atoms with Crippen LogP contribution in [0.15, 0.2) is 30.5 Å². The molecule has 4 nitrogen and oxygen atoms in total.